The van der Waals surface area contributed by atoms with Crippen LogP contribution in [-0.4, -0.2) is 57.0 Å². The maximum atomic E-state index is 12.6. The lowest BCUT2D eigenvalue weighted by atomic mass is 10.1. The highest BCUT2D eigenvalue weighted by atomic mass is 32.2. The molecule has 3 rings (SSSR count). The van der Waals surface area contributed by atoms with E-state index in [0.717, 1.165) is 0 Å². The second-order valence-electron chi connectivity index (χ2n) is 6.77. The van der Waals surface area contributed by atoms with Crippen LogP contribution in [0.1, 0.15) is 5.56 Å². The highest BCUT2D eigenvalue weighted by Gasteiger charge is 2.35. The number of primary sulfonamides is 1. The fourth-order valence-electron chi connectivity index (χ4n) is 2.95. The van der Waals surface area contributed by atoms with E-state index in [1.807, 2.05) is 0 Å². The fourth-order valence-corrected chi connectivity index (χ4v) is 3.47. The van der Waals surface area contributed by atoms with Gasteiger partial charge in [0.15, 0.2) is 11.5 Å². The van der Waals surface area contributed by atoms with Crippen molar-refractivity contribution in [3.63, 3.8) is 0 Å². The molecule has 1 aliphatic rings. The minimum absolute atomic E-state index is 0.0971. The minimum atomic E-state index is -3.88. The van der Waals surface area contributed by atoms with E-state index in [0.29, 0.717) is 10.5 Å². The lowest BCUT2D eigenvalue weighted by Gasteiger charge is -2.12. The van der Waals surface area contributed by atoms with Gasteiger partial charge in [0.2, 0.25) is 21.7 Å². The third-order valence-corrected chi connectivity index (χ3v) is 5.47. The number of imide groups is 1. The first-order valence-corrected chi connectivity index (χ1v) is 10.8. The fraction of sp³-hybridized carbons (Fsp3) is 0.150. The molecule has 5 N–H and O–H groups in total. The smallest absolute Gasteiger partial charge is 0.329 e. The number of anilines is 1. The Balaban J connectivity index is 1.73. The van der Waals surface area contributed by atoms with Crippen LogP contribution in [0.3, 0.4) is 0 Å². The summed E-state index contributed by atoms with van der Waals surface area (Å²) in [4.78, 5) is 37.7. The summed E-state index contributed by atoms with van der Waals surface area (Å²) in [5.41, 5.74) is 0.546. The lowest BCUT2D eigenvalue weighted by molar-refractivity contribution is -0.127. The summed E-state index contributed by atoms with van der Waals surface area (Å²) < 4.78 is 32.7. The zero-order valence-electron chi connectivity index (χ0n) is 17.5. The molecule has 1 fully saturated rings. The molecule has 1 saturated heterocycles. The van der Waals surface area contributed by atoms with E-state index >= 15 is 0 Å². The second-order valence-corrected chi connectivity index (χ2v) is 8.33. The molecule has 2 aromatic carbocycles. The van der Waals surface area contributed by atoms with Gasteiger partial charge in [-0.2, -0.15) is 0 Å². The van der Waals surface area contributed by atoms with Gasteiger partial charge < -0.3 is 25.2 Å². The van der Waals surface area contributed by atoms with Gasteiger partial charge in [-0.05, 0) is 48.0 Å². The Kier molecular flexibility index (Phi) is 6.55. The molecule has 0 unspecified atom stereocenters. The zero-order valence-corrected chi connectivity index (χ0v) is 18.3. The molecule has 1 heterocycles. The molecular weight excluding hydrogens is 456 g/mol. The molecule has 0 aromatic heterocycles. The highest BCUT2D eigenvalue weighted by Crippen LogP contribution is 2.37. The summed E-state index contributed by atoms with van der Waals surface area (Å²) in [7, 11) is -1.19. The molecular formula is C20H20N4O8S. The molecule has 33 heavy (non-hydrogen) atoms. The molecule has 12 nitrogen and oxygen atoms in total. The maximum absolute atomic E-state index is 12.6. The van der Waals surface area contributed by atoms with Gasteiger partial charge in [0.1, 0.15) is 12.2 Å². The second kappa shape index (κ2) is 9.18. The lowest BCUT2D eigenvalue weighted by Crippen LogP contribution is -2.38. The number of carbonyl (C=O) groups excluding carboxylic acids is 3. The van der Waals surface area contributed by atoms with Gasteiger partial charge in [-0.15, -0.1) is 0 Å². The maximum Gasteiger partial charge on any atom is 0.329 e. The monoisotopic (exact) mass is 476 g/mol. The predicted octanol–water partition coefficient (Wildman–Crippen LogP) is 0.588. The number of hydrogen-bond acceptors (Lipinski definition) is 8. The molecule has 0 saturated carbocycles. The first kappa shape index (κ1) is 23.6. The van der Waals surface area contributed by atoms with Crippen LogP contribution in [0.5, 0.6) is 17.2 Å². The van der Waals surface area contributed by atoms with E-state index in [1.165, 1.54) is 56.7 Å². The summed E-state index contributed by atoms with van der Waals surface area (Å²) in [6.45, 7) is -0.582. The number of phenolic OH excluding ortho intramolecular Hbond substituents is 1. The number of rotatable bonds is 7. The van der Waals surface area contributed by atoms with Crippen molar-refractivity contribution >= 4 is 39.6 Å². The van der Waals surface area contributed by atoms with Crippen molar-refractivity contribution in [2.45, 2.75) is 4.90 Å². The van der Waals surface area contributed by atoms with Gasteiger partial charge in [-0.1, -0.05) is 0 Å². The van der Waals surface area contributed by atoms with E-state index in [-0.39, 0.29) is 33.5 Å². The number of carbonyl (C=O) groups is 3. The largest absolute Gasteiger partial charge is 0.502 e. The van der Waals surface area contributed by atoms with E-state index in [9.17, 15) is 27.9 Å². The van der Waals surface area contributed by atoms with Gasteiger partial charge in [-0.3, -0.25) is 9.59 Å². The molecule has 0 spiro atoms. The average Bonchev–Trinajstić information content (AvgIpc) is 3.01. The Morgan fingerprint density at radius 2 is 1.73 bits per heavy atom. The van der Waals surface area contributed by atoms with Crippen LogP contribution in [0, 0.1) is 0 Å². The van der Waals surface area contributed by atoms with Gasteiger partial charge >= 0.3 is 6.03 Å². The number of amides is 4. The van der Waals surface area contributed by atoms with Crippen LogP contribution in [0.2, 0.25) is 0 Å². The van der Waals surface area contributed by atoms with Crippen molar-refractivity contribution in [1.82, 2.24) is 10.2 Å². The summed E-state index contributed by atoms with van der Waals surface area (Å²) in [6.07, 6.45) is 1.34. The topological polar surface area (TPSA) is 177 Å². The SMILES string of the molecule is COc1cc(/C=C2\NC(=O)N(CC(=O)Nc3ccc(S(N)(=O)=O)cc3)C2=O)cc(OC)c1O. The van der Waals surface area contributed by atoms with Crippen molar-refractivity contribution < 1.29 is 37.4 Å². The minimum Gasteiger partial charge on any atom is -0.502 e. The summed E-state index contributed by atoms with van der Waals surface area (Å²) >= 11 is 0. The highest BCUT2D eigenvalue weighted by molar-refractivity contribution is 7.89. The molecule has 1 aliphatic heterocycles. The first-order valence-electron chi connectivity index (χ1n) is 9.25. The Labute approximate surface area is 188 Å². The van der Waals surface area contributed by atoms with Crippen LogP contribution < -0.4 is 25.2 Å². The summed E-state index contributed by atoms with van der Waals surface area (Å²) in [5.74, 6) is -1.45. The number of sulfonamides is 1. The third-order valence-electron chi connectivity index (χ3n) is 4.54. The molecule has 0 radical (unpaired) electrons. The van der Waals surface area contributed by atoms with Crippen molar-refractivity contribution in [1.29, 1.82) is 0 Å². The Hall–Kier alpha value is -4.10. The van der Waals surface area contributed by atoms with E-state index in [4.69, 9.17) is 14.6 Å². The van der Waals surface area contributed by atoms with Crippen LogP contribution in [0.25, 0.3) is 6.08 Å². The zero-order chi connectivity index (χ0) is 24.3. The number of nitrogens with one attached hydrogen (secondary N) is 2. The van der Waals surface area contributed by atoms with Crippen molar-refractivity contribution in [3.8, 4) is 17.2 Å². The Morgan fingerprint density at radius 3 is 2.24 bits per heavy atom. The number of methoxy groups -OCH3 is 2. The third kappa shape index (κ3) is 5.22. The molecule has 0 atom stereocenters. The number of phenols is 1. The van der Waals surface area contributed by atoms with Crippen LogP contribution in [0.4, 0.5) is 10.5 Å². The van der Waals surface area contributed by atoms with Gasteiger partial charge in [0.25, 0.3) is 5.91 Å². The predicted molar refractivity (Wildman–Crippen MR) is 116 cm³/mol. The number of hydrogen-bond donors (Lipinski definition) is 4. The van der Waals surface area contributed by atoms with Crippen LogP contribution >= 0.6 is 0 Å². The van der Waals surface area contributed by atoms with Gasteiger partial charge in [-0.25, -0.2) is 23.3 Å². The molecule has 2 aromatic rings. The molecule has 0 bridgehead atoms. The molecule has 0 aliphatic carbocycles. The van der Waals surface area contributed by atoms with Crippen molar-refractivity contribution in [3.05, 3.63) is 47.7 Å². The number of aromatic hydroxyl groups is 1. The number of nitrogens with two attached hydrogens (primary N) is 1. The quantitative estimate of drug-likeness (QED) is 0.331. The van der Waals surface area contributed by atoms with Crippen LogP contribution in [-0.2, 0) is 19.6 Å². The number of nitrogens with zero attached hydrogens (tertiary/aromatic N) is 1. The first-order chi connectivity index (χ1) is 15.5. The van der Waals surface area contributed by atoms with Gasteiger partial charge in [0.05, 0.1) is 19.1 Å². The summed E-state index contributed by atoms with van der Waals surface area (Å²) in [5, 5.41) is 19.8. The van der Waals surface area contributed by atoms with Crippen molar-refractivity contribution in [2.75, 3.05) is 26.1 Å². The average molecular weight is 476 g/mol. The van der Waals surface area contributed by atoms with Gasteiger partial charge in [0, 0.05) is 5.69 Å². The van der Waals surface area contributed by atoms with Crippen LogP contribution in [0.15, 0.2) is 47.0 Å². The summed E-state index contributed by atoms with van der Waals surface area (Å²) in [6, 6.07) is 7.12. The Bertz CT molecular complexity index is 1230. The van der Waals surface area contributed by atoms with E-state index in [1.54, 1.807) is 0 Å². The van der Waals surface area contributed by atoms with Crippen molar-refractivity contribution in [2.24, 2.45) is 5.14 Å². The van der Waals surface area contributed by atoms with E-state index in [2.05, 4.69) is 10.6 Å². The number of urea groups is 1. The number of benzene rings is 2. The normalized spacial score (nSPS) is 14.9. The standard InChI is InChI=1S/C20H20N4O8S/c1-31-15-8-11(9-16(32-2)18(15)26)7-14-19(27)24(20(28)23-14)10-17(25)22-12-3-5-13(6-4-12)33(21,29)30/h3-9,26H,10H2,1-2H3,(H,22,25)(H,23,28)(H2,21,29,30)/b14-7-. The molecule has 4 amide bonds. The molecule has 174 valence electrons. The Morgan fingerprint density at radius 1 is 1.15 bits per heavy atom. The number of ether oxygens (including phenoxy) is 2. The van der Waals surface area contributed by atoms with E-state index < -0.39 is 34.4 Å². The molecule has 13 heteroatoms.